The SMILES string of the molecule is Cc1cccc(NC(=O)Cn2c3c(sc2=O)[C@@H](c2cccs2)[C@@H]2C(=O)N(c4ccc([N+](=O)[O-])cc4)C(=O)[C@@H]2S3)c1. The highest BCUT2D eigenvalue weighted by Gasteiger charge is 2.57. The molecule has 40 heavy (non-hydrogen) atoms. The molecule has 10 nitrogen and oxygen atoms in total. The number of non-ortho nitro benzene ring substituents is 1. The second-order valence-corrected chi connectivity index (χ2v) is 12.5. The summed E-state index contributed by atoms with van der Waals surface area (Å²) in [7, 11) is 0. The maximum Gasteiger partial charge on any atom is 0.308 e. The van der Waals surface area contributed by atoms with Crippen LogP contribution in [0.5, 0.6) is 0 Å². The molecule has 3 amide bonds. The molecule has 0 unspecified atom stereocenters. The fourth-order valence-electron chi connectivity index (χ4n) is 5.08. The van der Waals surface area contributed by atoms with E-state index in [1.807, 2.05) is 42.6 Å². The zero-order valence-electron chi connectivity index (χ0n) is 20.8. The number of hydrogen-bond donors (Lipinski definition) is 1. The van der Waals surface area contributed by atoms with Gasteiger partial charge in [-0.3, -0.25) is 33.9 Å². The summed E-state index contributed by atoms with van der Waals surface area (Å²) in [4.78, 5) is 66.4. The molecule has 0 spiro atoms. The summed E-state index contributed by atoms with van der Waals surface area (Å²) >= 11 is 3.54. The predicted octanol–water partition coefficient (Wildman–Crippen LogP) is 4.62. The fourth-order valence-corrected chi connectivity index (χ4v) is 8.80. The van der Waals surface area contributed by atoms with Crippen LogP contribution in [-0.4, -0.2) is 32.5 Å². The molecule has 1 saturated heterocycles. The van der Waals surface area contributed by atoms with E-state index in [1.54, 1.807) is 6.07 Å². The van der Waals surface area contributed by atoms with E-state index >= 15 is 0 Å². The quantitative estimate of drug-likeness (QED) is 0.196. The Kier molecular flexibility index (Phi) is 6.64. The summed E-state index contributed by atoms with van der Waals surface area (Å²) in [5.41, 5.74) is 1.69. The molecular formula is C27H20N4O6S3. The Morgan fingerprint density at radius 1 is 1.05 bits per heavy atom. The molecule has 1 fully saturated rings. The molecule has 4 heterocycles. The van der Waals surface area contributed by atoms with Crippen molar-refractivity contribution >= 4 is 69.2 Å². The van der Waals surface area contributed by atoms with E-state index in [-0.39, 0.29) is 28.7 Å². The summed E-state index contributed by atoms with van der Waals surface area (Å²) in [5, 5.41) is 15.5. The number of thiazole rings is 1. The average Bonchev–Trinajstić information content (AvgIpc) is 3.61. The topological polar surface area (TPSA) is 132 Å². The normalized spacial score (nSPS) is 19.8. The Bertz CT molecular complexity index is 1730. The van der Waals surface area contributed by atoms with Crippen LogP contribution in [0.1, 0.15) is 21.2 Å². The van der Waals surface area contributed by atoms with Crippen molar-refractivity contribution in [1.82, 2.24) is 4.57 Å². The largest absolute Gasteiger partial charge is 0.325 e. The molecule has 202 valence electrons. The van der Waals surface area contributed by atoms with Gasteiger partial charge in [0.25, 0.3) is 5.69 Å². The zero-order chi connectivity index (χ0) is 28.1. The minimum atomic E-state index is -0.831. The number of aromatic nitrogens is 1. The first-order valence-corrected chi connectivity index (χ1v) is 14.7. The molecular weight excluding hydrogens is 573 g/mol. The monoisotopic (exact) mass is 592 g/mol. The van der Waals surface area contributed by atoms with Gasteiger partial charge in [-0.25, -0.2) is 4.90 Å². The van der Waals surface area contributed by atoms with Gasteiger partial charge in [0.1, 0.15) is 11.8 Å². The average molecular weight is 593 g/mol. The minimum absolute atomic E-state index is 0.152. The van der Waals surface area contributed by atoms with Gasteiger partial charge in [-0.1, -0.05) is 41.3 Å². The Hall–Kier alpha value is -4.07. The van der Waals surface area contributed by atoms with Gasteiger partial charge in [0, 0.05) is 33.5 Å². The maximum atomic E-state index is 13.8. The van der Waals surface area contributed by atoms with Gasteiger partial charge in [0.2, 0.25) is 17.7 Å². The fraction of sp³-hybridized carbons (Fsp3) is 0.185. The van der Waals surface area contributed by atoms with E-state index in [9.17, 15) is 29.3 Å². The summed E-state index contributed by atoms with van der Waals surface area (Å²) in [6.07, 6.45) is 0. The number of anilines is 2. The van der Waals surface area contributed by atoms with E-state index in [2.05, 4.69) is 5.32 Å². The van der Waals surface area contributed by atoms with Crippen molar-refractivity contribution in [1.29, 1.82) is 0 Å². The number of hydrogen-bond acceptors (Lipinski definition) is 9. The number of benzene rings is 2. The molecule has 6 rings (SSSR count). The lowest BCUT2D eigenvalue weighted by Crippen LogP contribution is -2.32. The number of nitro groups is 1. The standard InChI is InChI=1S/C27H20N4O6S3/c1-14-4-2-5-15(12-14)28-19(32)13-29-26-23(40-27(29)35)20(18-6-3-11-38-18)21-22(39-26)25(34)30(24(21)33)16-7-9-17(10-8-16)31(36)37/h2-12,20-22H,13H2,1H3,(H,28,32)/t20-,21-,22+/m0/s1. The van der Waals surface area contributed by atoms with Crippen LogP contribution >= 0.6 is 34.4 Å². The highest BCUT2D eigenvalue weighted by Crippen LogP contribution is 2.54. The molecule has 1 N–H and O–H groups in total. The lowest BCUT2D eigenvalue weighted by Gasteiger charge is -2.29. The number of carbonyl (C=O) groups excluding carboxylic acids is 3. The number of thioether (sulfide) groups is 1. The number of nitro benzene ring substituents is 1. The van der Waals surface area contributed by atoms with Gasteiger partial charge in [-0.05, 0) is 48.2 Å². The van der Waals surface area contributed by atoms with Crippen LogP contribution in [0.4, 0.5) is 17.1 Å². The first-order chi connectivity index (χ1) is 19.2. The molecule has 2 aliphatic heterocycles. The van der Waals surface area contributed by atoms with Gasteiger partial charge < -0.3 is 5.32 Å². The van der Waals surface area contributed by atoms with Crippen molar-refractivity contribution < 1.29 is 19.3 Å². The second kappa shape index (κ2) is 10.2. The van der Waals surface area contributed by atoms with Crippen molar-refractivity contribution in [2.75, 3.05) is 10.2 Å². The third kappa shape index (κ3) is 4.45. The molecule has 13 heteroatoms. The highest BCUT2D eigenvalue weighted by atomic mass is 32.2. The maximum absolute atomic E-state index is 13.8. The number of aryl methyl sites for hydroxylation is 1. The lowest BCUT2D eigenvalue weighted by molar-refractivity contribution is -0.384. The third-order valence-corrected chi connectivity index (χ3v) is 10.4. The Balaban J connectivity index is 1.37. The first kappa shape index (κ1) is 26.2. The van der Waals surface area contributed by atoms with E-state index < -0.39 is 33.8 Å². The lowest BCUT2D eigenvalue weighted by atomic mass is 9.87. The Morgan fingerprint density at radius 3 is 2.50 bits per heavy atom. The zero-order valence-corrected chi connectivity index (χ0v) is 23.3. The van der Waals surface area contributed by atoms with Gasteiger partial charge in [0.15, 0.2) is 0 Å². The highest BCUT2D eigenvalue weighted by molar-refractivity contribution is 8.00. The Labute approximate surface area is 239 Å². The van der Waals surface area contributed by atoms with Crippen LogP contribution in [0.15, 0.2) is 75.9 Å². The van der Waals surface area contributed by atoms with Crippen LogP contribution in [0.3, 0.4) is 0 Å². The van der Waals surface area contributed by atoms with Gasteiger partial charge in [-0.2, -0.15) is 0 Å². The number of nitrogens with zero attached hydrogens (tertiary/aromatic N) is 3. The van der Waals surface area contributed by atoms with Crippen LogP contribution < -0.4 is 15.1 Å². The van der Waals surface area contributed by atoms with Gasteiger partial charge in [0.05, 0.1) is 21.6 Å². The summed E-state index contributed by atoms with van der Waals surface area (Å²) in [5.74, 6) is -2.59. The number of amides is 3. The van der Waals surface area contributed by atoms with E-state index in [4.69, 9.17) is 0 Å². The van der Waals surface area contributed by atoms with Gasteiger partial charge >= 0.3 is 4.87 Å². The van der Waals surface area contributed by atoms with Gasteiger partial charge in [-0.15, -0.1) is 11.3 Å². The third-order valence-electron chi connectivity index (χ3n) is 6.82. The van der Waals surface area contributed by atoms with E-state index in [0.29, 0.717) is 15.6 Å². The van der Waals surface area contributed by atoms with Crippen molar-refractivity contribution in [3.8, 4) is 0 Å². The smallest absolute Gasteiger partial charge is 0.308 e. The van der Waals surface area contributed by atoms with E-state index in [1.165, 1.54) is 40.2 Å². The van der Waals surface area contributed by atoms with Crippen molar-refractivity contribution in [2.45, 2.75) is 29.7 Å². The summed E-state index contributed by atoms with van der Waals surface area (Å²) in [6, 6.07) is 16.3. The van der Waals surface area contributed by atoms with Crippen LogP contribution in [0, 0.1) is 23.0 Å². The number of thiophene rings is 1. The summed E-state index contributed by atoms with van der Waals surface area (Å²) in [6.45, 7) is 1.67. The number of nitrogens with one attached hydrogen (secondary N) is 1. The molecule has 0 radical (unpaired) electrons. The Morgan fingerprint density at radius 2 is 1.82 bits per heavy atom. The molecule has 3 atom stereocenters. The van der Waals surface area contributed by atoms with E-state index in [0.717, 1.165) is 38.4 Å². The minimum Gasteiger partial charge on any atom is -0.325 e. The molecule has 0 aliphatic carbocycles. The molecule has 2 aromatic heterocycles. The van der Waals surface area contributed by atoms with Crippen LogP contribution in [-0.2, 0) is 20.9 Å². The second-order valence-electron chi connectivity index (χ2n) is 9.38. The molecule has 2 aromatic carbocycles. The number of imide groups is 1. The number of rotatable bonds is 6. The van der Waals surface area contributed by atoms with Crippen molar-refractivity contribution in [3.63, 3.8) is 0 Å². The number of fused-ring (bicyclic) bond motifs is 2. The van der Waals surface area contributed by atoms with Crippen molar-refractivity contribution in [3.05, 3.63) is 101 Å². The summed E-state index contributed by atoms with van der Waals surface area (Å²) < 4.78 is 1.37. The molecule has 0 bridgehead atoms. The first-order valence-electron chi connectivity index (χ1n) is 12.2. The molecule has 2 aliphatic rings. The van der Waals surface area contributed by atoms with Crippen LogP contribution in [0.2, 0.25) is 0 Å². The number of carbonyl (C=O) groups is 3. The predicted molar refractivity (Wildman–Crippen MR) is 153 cm³/mol. The van der Waals surface area contributed by atoms with Crippen LogP contribution in [0.25, 0.3) is 0 Å². The molecule has 0 saturated carbocycles. The molecule has 4 aromatic rings. The van der Waals surface area contributed by atoms with Crippen molar-refractivity contribution in [2.24, 2.45) is 5.92 Å².